The number of rotatable bonds is 6. The van der Waals surface area contributed by atoms with Crippen LogP contribution in [0, 0.1) is 5.92 Å². The van der Waals surface area contributed by atoms with E-state index in [9.17, 15) is 4.79 Å². The zero-order chi connectivity index (χ0) is 21.0. The minimum atomic E-state index is -0.169. The first-order valence-electron chi connectivity index (χ1n) is 11.2. The Labute approximate surface area is 179 Å². The number of piperidine rings is 1. The van der Waals surface area contributed by atoms with Gasteiger partial charge < -0.3 is 10.1 Å². The average molecular weight is 408 g/mol. The van der Waals surface area contributed by atoms with Crippen LogP contribution in [0.15, 0.2) is 48.7 Å². The lowest BCUT2D eigenvalue weighted by atomic mass is 9.76. The standard InChI is InChI=1S/C25H33N3O2/c1-19(2)17-27-24(29)15-20-16-25(30-23-9-4-3-8-22(20)23)10-13-28(14-11-25)18-21-7-5-6-12-26-21/h3-9,12,19-20H,10-11,13-18H2,1-2H3,(H,27,29)/t20-/m0/s1. The third-order valence-corrected chi connectivity index (χ3v) is 6.32. The molecular formula is C25H33N3O2. The Hall–Kier alpha value is -2.40. The van der Waals surface area contributed by atoms with Gasteiger partial charge in [0.05, 0.1) is 5.69 Å². The molecule has 2 aromatic rings. The van der Waals surface area contributed by atoms with Crippen molar-refractivity contribution in [2.45, 2.75) is 57.6 Å². The third-order valence-electron chi connectivity index (χ3n) is 6.32. The molecule has 1 aromatic carbocycles. The van der Waals surface area contributed by atoms with Crippen LogP contribution in [0.1, 0.15) is 56.7 Å². The van der Waals surface area contributed by atoms with Crippen LogP contribution in [0.2, 0.25) is 0 Å². The van der Waals surface area contributed by atoms with E-state index < -0.39 is 0 Å². The summed E-state index contributed by atoms with van der Waals surface area (Å²) < 4.78 is 6.59. The predicted molar refractivity (Wildman–Crippen MR) is 118 cm³/mol. The number of amides is 1. The highest BCUT2D eigenvalue weighted by Gasteiger charge is 2.43. The lowest BCUT2D eigenvalue weighted by molar-refractivity contribution is -0.122. The van der Waals surface area contributed by atoms with Crippen molar-refractivity contribution in [1.29, 1.82) is 0 Å². The van der Waals surface area contributed by atoms with Crippen molar-refractivity contribution in [3.63, 3.8) is 0 Å². The Bertz CT molecular complexity index is 844. The van der Waals surface area contributed by atoms with Crippen molar-refractivity contribution in [2.24, 2.45) is 5.92 Å². The van der Waals surface area contributed by atoms with Crippen LogP contribution >= 0.6 is 0 Å². The molecular weight excluding hydrogens is 374 g/mol. The van der Waals surface area contributed by atoms with Gasteiger partial charge in [0.2, 0.25) is 5.91 Å². The molecule has 0 aliphatic carbocycles. The fraction of sp³-hybridized carbons (Fsp3) is 0.520. The first-order valence-corrected chi connectivity index (χ1v) is 11.2. The number of likely N-dealkylation sites (tertiary alicyclic amines) is 1. The molecule has 5 nitrogen and oxygen atoms in total. The number of aromatic nitrogens is 1. The number of nitrogens with one attached hydrogen (secondary N) is 1. The van der Waals surface area contributed by atoms with E-state index in [0.717, 1.165) is 56.9 Å². The van der Waals surface area contributed by atoms with E-state index in [1.54, 1.807) is 0 Å². The summed E-state index contributed by atoms with van der Waals surface area (Å²) in [4.78, 5) is 19.5. The second-order valence-corrected chi connectivity index (χ2v) is 9.22. The van der Waals surface area contributed by atoms with Crippen LogP contribution in [0.4, 0.5) is 0 Å². The van der Waals surface area contributed by atoms with Crippen LogP contribution in [-0.4, -0.2) is 41.0 Å². The first-order chi connectivity index (χ1) is 14.5. The van der Waals surface area contributed by atoms with Gasteiger partial charge in [-0.25, -0.2) is 0 Å². The second-order valence-electron chi connectivity index (χ2n) is 9.22. The average Bonchev–Trinajstić information content (AvgIpc) is 2.75. The minimum Gasteiger partial charge on any atom is -0.487 e. The number of para-hydroxylation sites is 1. The van der Waals surface area contributed by atoms with E-state index in [1.165, 1.54) is 5.56 Å². The number of hydrogen-bond acceptors (Lipinski definition) is 4. The van der Waals surface area contributed by atoms with Crippen molar-refractivity contribution in [2.75, 3.05) is 19.6 Å². The van der Waals surface area contributed by atoms with Gasteiger partial charge in [0, 0.05) is 44.7 Å². The monoisotopic (exact) mass is 407 g/mol. The molecule has 2 aliphatic rings. The molecule has 3 heterocycles. The normalized spacial score (nSPS) is 20.6. The summed E-state index contributed by atoms with van der Waals surface area (Å²) in [5, 5.41) is 3.09. The van der Waals surface area contributed by atoms with Crippen LogP contribution in [0.5, 0.6) is 5.75 Å². The maximum atomic E-state index is 12.6. The summed E-state index contributed by atoms with van der Waals surface area (Å²) in [5.74, 6) is 1.78. The van der Waals surface area contributed by atoms with Crippen molar-refractivity contribution in [1.82, 2.24) is 15.2 Å². The van der Waals surface area contributed by atoms with E-state index >= 15 is 0 Å². The SMILES string of the molecule is CC(C)CNC(=O)C[C@H]1CC2(CCN(Cc3ccccn3)CC2)Oc2ccccc21. The van der Waals surface area contributed by atoms with Crippen LogP contribution in [-0.2, 0) is 11.3 Å². The number of fused-ring (bicyclic) bond motifs is 1. The molecule has 1 amide bonds. The Morgan fingerprint density at radius 3 is 2.70 bits per heavy atom. The maximum absolute atomic E-state index is 12.6. The molecule has 0 radical (unpaired) electrons. The van der Waals surface area contributed by atoms with Gasteiger partial charge in [0.15, 0.2) is 0 Å². The maximum Gasteiger partial charge on any atom is 0.220 e. The number of nitrogens with zero attached hydrogens (tertiary/aromatic N) is 2. The minimum absolute atomic E-state index is 0.146. The molecule has 0 bridgehead atoms. The van der Waals surface area contributed by atoms with Crippen molar-refractivity contribution in [3.05, 3.63) is 59.9 Å². The van der Waals surface area contributed by atoms with Crippen molar-refractivity contribution in [3.8, 4) is 5.75 Å². The van der Waals surface area contributed by atoms with Crippen molar-refractivity contribution < 1.29 is 9.53 Å². The molecule has 2 aliphatic heterocycles. The van der Waals surface area contributed by atoms with E-state index in [-0.39, 0.29) is 17.4 Å². The van der Waals surface area contributed by atoms with Gasteiger partial charge in [0.25, 0.3) is 0 Å². The lowest BCUT2D eigenvalue weighted by Crippen LogP contribution is -2.50. The number of benzene rings is 1. The summed E-state index contributed by atoms with van der Waals surface area (Å²) in [6.45, 7) is 7.84. The van der Waals surface area contributed by atoms with Gasteiger partial charge in [-0.2, -0.15) is 0 Å². The molecule has 30 heavy (non-hydrogen) atoms. The van der Waals surface area contributed by atoms with Crippen LogP contribution in [0.25, 0.3) is 0 Å². The van der Waals surface area contributed by atoms with Gasteiger partial charge >= 0.3 is 0 Å². The van der Waals surface area contributed by atoms with Gasteiger partial charge in [0.1, 0.15) is 11.4 Å². The summed E-state index contributed by atoms with van der Waals surface area (Å²) in [5.41, 5.74) is 2.12. The number of ether oxygens (including phenoxy) is 1. The first kappa shape index (κ1) is 20.9. The van der Waals surface area contributed by atoms with Gasteiger partial charge in [-0.1, -0.05) is 38.1 Å². The van der Waals surface area contributed by atoms with E-state index in [2.05, 4.69) is 53.3 Å². The van der Waals surface area contributed by atoms with Crippen LogP contribution < -0.4 is 10.1 Å². The highest BCUT2D eigenvalue weighted by Crippen LogP contribution is 2.46. The van der Waals surface area contributed by atoms with E-state index in [0.29, 0.717) is 12.3 Å². The number of carbonyl (C=O) groups excluding carboxylic acids is 1. The molecule has 5 heteroatoms. The highest BCUT2D eigenvalue weighted by atomic mass is 16.5. The number of hydrogen-bond donors (Lipinski definition) is 1. The molecule has 1 aromatic heterocycles. The molecule has 0 saturated carbocycles. The third kappa shape index (κ3) is 5.01. The van der Waals surface area contributed by atoms with Gasteiger partial charge in [-0.05, 0) is 48.9 Å². The molecule has 4 rings (SSSR count). The molecule has 1 atom stereocenters. The zero-order valence-corrected chi connectivity index (χ0v) is 18.1. The molecule has 1 fully saturated rings. The Kier molecular flexibility index (Phi) is 6.38. The molecule has 1 N–H and O–H groups in total. The fourth-order valence-electron chi connectivity index (χ4n) is 4.69. The Morgan fingerprint density at radius 2 is 1.97 bits per heavy atom. The smallest absolute Gasteiger partial charge is 0.220 e. The van der Waals surface area contributed by atoms with Crippen LogP contribution in [0.3, 0.4) is 0 Å². The highest BCUT2D eigenvalue weighted by molar-refractivity contribution is 5.77. The number of pyridine rings is 1. The van der Waals surface area contributed by atoms with Gasteiger partial charge in [-0.15, -0.1) is 0 Å². The summed E-state index contributed by atoms with van der Waals surface area (Å²) in [6, 6.07) is 14.4. The van der Waals surface area contributed by atoms with Gasteiger partial charge in [-0.3, -0.25) is 14.7 Å². The summed E-state index contributed by atoms with van der Waals surface area (Å²) >= 11 is 0. The molecule has 1 spiro atoms. The quantitative estimate of drug-likeness (QED) is 0.782. The number of carbonyl (C=O) groups is 1. The summed E-state index contributed by atoms with van der Waals surface area (Å²) in [6.07, 6.45) is 5.27. The fourth-order valence-corrected chi connectivity index (χ4v) is 4.69. The van der Waals surface area contributed by atoms with E-state index in [4.69, 9.17) is 4.74 Å². The predicted octanol–water partition coefficient (Wildman–Crippen LogP) is 4.14. The largest absolute Gasteiger partial charge is 0.487 e. The Balaban J connectivity index is 1.43. The second kappa shape index (κ2) is 9.17. The Morgan fingerprint density at radius 1 is 1.20 bits per heavy atom. The molecule has 0 unspecified atom stereocenters. The lowest BCUT2D eigenvalue weighted by Gasteiger charge is -2.47. The van der Waals surface area contributed by atoms with E-state index in [1.807, 2.05) is 24.4 Å². The van der Waals surface area contributed by atoms with Crippen molar-refractivity contribution >= 4 is 5.91 Å². The zero-order valence-electron chi connectivity index (χ0n) is 18.1. The molecule has 1 saturated heterocycles. The molecule has 160 valence electrons. The summed E-state index contributed by atoms with van der Waals surface area (Å²) in [7, 11) is 0. The topological polar surface area (TPSA) is 54.5 Å².